The standard InChI is InChI=1S/C14H26N2O3S/c1-9(20)10-7-6-8-16(10)12(17)11(14(2,3)4)15-13(18)19-5/h9-11,20H,6-8H2,1-5H3,(H,15,18)/t9?,10?,11-/m1/s1. The number of nitrogens with zero attached hydrogens (tertiary/aromatic N) is 1. The summed E-state index contributed by atoms with van der Waals surface area (Å²) in [6.07, 6.45) is 1.37. The number of thiol groups is 1. The van der Waals surface area contributed by atoms with E-state index in [1.54, 1.807) is 0 Å². The fourth-order valence-corrected chi connectivity index (χ4v) is 2.87. The Hall–Kier alpha value is -0.910. The number of amides is 2. The third kappa shape index (κ3) is 4.04. The fourth-order valence-electron chi connectivity index (χ4n) is 2.56. The van der Waals surface area contributed by atoms with Gasteiger partial charge >= 0.3 is 6.09 Å². The highest BCUT2D eigenvalue weighted by molar-refractivity contribution is 7.81. The average Bonchev–Trinajstić information content (AvgIpc) is 2.82. The molecule has 0 aromatic carbocycles. The van der Waals surface area contributed by atoms with Crippen molar-refractivity contribution in [1.29, 1.82) is 0 Å². The largest absolute Gasteiger partial charge is 0.453 e. The number of rotatable bonds is 3. The van der Waals surface area contributed by atoms with Gasteiger partial charge in [-0.25, -0.2) is 4.79 Å². The zero-order valence-electron chi connectivity index (χ0n) is 13.0. The van der Waals surface area contributed by atoms with E-state index in [1.807, 2.05) is 32.6 Å². The molecule has 0 saturated carbocycles. The zero-order chi connectivity index (χ0) is 15.5. The molecule has 20 heavy (non-hydrogen) atoms. The van der Waals surface area contributed by atoms with Gasteiger partial charge in [-0.2, -0.15) is 12.6 Å². The van der Waals surface area contributed by atoms with E-state index in [0.29, 0.717) is 0 Å². The van der Waals surface area contributed by atoms with Gasteiger partial charge < -0.3 is 15.0 Å². The van der Waals surface area contributed by atoms with Gasteiger partial charge in [-0.3, -0.25) is 4.79 Å². The van der Waals surface area contributed by atoms with E-state index in [9.17, 15) is 9.59 Å². The summed E-state index contributed by atoms with van der Waals surface area (Å²) in [7, 11) is 1.30. The minimum Gasteiger partial charge on any atom is -0.453 e. The lowest BCUT2D eigenvalue weighted by molar-refractivity contribution is -0.136. The van der Waals surface area contributed by atoms with Crippen LogP contribution in [0, 0.1) is 5.41 Å². The molecule has 5 nitrogen and oxygen atoms in total. The second-order valence-corrected chi connectivity index (χ2v) is 7.23. The number of carbonyl (C=O) groups excluding carboxylic acids is 2. The maximum atomic E-state index is 12.8. The Morgan fingerprint density at radius 2 is 2.00 bits per heavy atom. The van der Waals surface area contributed by atoms with Crippen molar-refractivity contribution in [2.75, 3.05) is 13.7 Å². The first-order chi connectivity index (χ1) is 9.18. The smallest absolute Gasteiger partial charge is 0.407 e. The Kier molecular flexibility index (Phi) is 5.74. The summed E-state index contributed by atoms with van der Waals surface area (Å²) < 4.78 is 4.63. The Bertz CT molecular complexity index is 366. The lowest BCUT2D eigenvalue weighted by Gasteiger charge is -2.36. The molecule has 1 aliphatic rings. The van der Waals surface area contributed by atoms with E-state index in [0.717, 1.165) is 19.4 Å². The molecule has 0 aromatic heterocycles. The normalized spacial score (nSPS) is 22.3. The van der Waals surface area contributed by atoms with Crippen molar-refractivity contribution >= 4 is 24.6 Å². The van der Waals surface area contributed by atoms with Crippen LogP contribution >= 0.6 is 12.6 Å². The summed E-state index contributed by atoms with van der Waals surface area (Å²) >= 11 is 4.47. The van der Waals surface area contributed by atoms with Crippen LogP contribution < -0.4 is 5.32 Å². The summed E-state index contributed by atoms with van der Waals surface area (Å²) in [6, 6.07) is -0.460. The molecule has 0 aliphatic carbocycles. The van der Waals surface area contributed by atoms with Crippen LogP contribution in [0.2, 0.25) is 0 Å². The number of hydrogen-bond donors (Lipinski definition) is 2. The van der Waals surface area contributed by atoms with E-state index in [-0.39, 0.29) is 22.6 Å². The number of alkyl carbamates (subject to hydrolysis) is 1. The van der Waals surface area contributed by atoms with Crippen molar-refractivity contribution < 1.29 is 14.3 Å². The molecule has 2 unspecified atom stereocenters. The molecule has 1 rings (SSSR count). The quantitative estimate of drug-likeness (QED) is 0.785. The summed E-state index contributed by atoms with van der Waals surface area (Å²) in [5, 5.41) is 2.79. The molecular formula is C14H26N2O3S. The van der Waals surface area contributed by atoms with Crippen LogP contribution in [-0.4, -0.2) is 47.9 Å². The molecule has 116 valence electrons. The topological polar surface area (TPSA) is 58.6 Å². The SMILES string of the molecule is COC(=O)N[C@H](C(=O)N1CCCC1C(C)S)C(C)(C)C. The highest BCUT2D eigenvalue weighted by Crippen LogP contribution is 2.28. The van der Waals surface area contributed by atoms with Crippen LogP contribution in [0.1, 0.15) is 40.5 Å². The molecule has 0 spiro atoms. The van der Waals surface area contributed by atoms with Crippen LogP contribution in [-0.2, 0) is 9.53 Å². The van der Waals surface area contributed by atoms with Crippen molar-refractivity contribution in [1.82, 2.24) is 10.2 Å². The highest BCUT2D eigenvalue weighted by Gasteiger charge is 2.40. The third-order valence-electron chi connectivity index (χ3n) is 3.70. The number of ether oxygens (including phenoxy) is 1. The second kappa shape index (κ2) is 6.70. The molecule has 2 amide bonds. The third-order valence-corrected chi connectivity index (χ3v) is 4.04. The lowest BCUT2D eigenvalue weighted by atomic mass is 9.85. The van der Waals surface area contributed by atoms with Gasteiger partial charge in [0, 0.05) is 17.8 Å². The maximum absolute atomic E-state index is 12.8. The van der Waals surface area contributed by atoms with Crippen LogP contribution in [0.15, 0.2) is 0 Å². The second-order valence-electron chi connectivity index (χ2n) is 6.42. The number of likely N-dealkylation sites (tertiary alicyclic amines) is 1. The number of hydrogen-bond acceptors (Lipinski definition) is 4. The van der Waals surface area contributed by atoms with Gasteiger partial charge in [0.15, 0.2) is 0 Å². The number of methoxy groups -OCH3 is 1. The molecule has 1 aliphatic heterocycles. The lowest BCUT2D eigenvalue weighted by Crippen LogP contribution is -2.56. The van der Waals surface area contributed by atoms with Gasteiger partial charge in [-0.15, -0.1) is 0 Å². The van der Waals surface area contributed by atoms with Gasteiger partial charge in [0.25, 0.3) is 0 Å². The molecular weight excluding hydrogens is 276 g/mol. The monoisotopic (exact) mass is 302 g/mol. The first-order valence-corrected chi connectivity index (χ1v) is 7.53. The van der Waals surface area contributed by atoms with Crippen LogP contribution in [0.5, 0.6) is 0 Å². The summed E-state index contributed by atoms with van der Waals surface area (Å²) in [5.74, 6) is -0.0497. The highest BCUT2D eigenvalue weighted by atomic mass is 32.1. The van der Waals surface area contributed by atoms with E-state index in [4.69, 9.17) is 0 Å². The van der Waals surface area contributed by atoms with Gasteiger partial charge in [0.1, 0.15) is 6.04 Å². The Labute approximate surface area is 126 Å². The van der Waals surface area contributed by atoms with E-state index in [1.165, 1.54) is 7.11 Å². The molecule has 3 atom stereocenters. The van der Waals surface area contributed by atoms with Crippen molar-refractivity contribution in [3.63, 3.8) is 0 Å². The predicted molar refractivity (Wildman–Crippen MR) is 82.0 cm³/mol. The predicted octanol–water partition coefficient (Wildman–Crippen LogP) is 2.07. The number of carbonyl (C=O) groups is 2. The zero-order valence-corrected chi connectivity index (χ0v) is 13.9. The van der Waals surface area contributed by atoms with E-state index in [2.05, 4.69) is 22.7 Å². The molecule has 6 heteroatoms. The molecule has 0 bridgehead atoms. The molecule has 1 fully saturated rings. The summed E-state index contributed by atoms with van der Waals surface area (Å²) in [4.78, 5) is 26.1. The minimum atomic E-state index is -0.595. The molecule has 1 saturated heterocycles. The van der Waals surface area contributed by atoms with Gasteiger partial charge in [0.05, 0.1) is 7.11 Å². The van der Waals surface area contributed by atoms with E-state index >= 15 is 0 Å². The summed E-state index contributed by atoms with van der Waals surface area (Å²) in [6.45, 7) is 8.52. The van der Waals surface area contributed by atoms with Crippen LogP contribution in [0.25, 0.3) is 0 Å². The Morgan fingerprint density at radius 1 is 1.40 bits per heavy atom. The molecule has 1 heterocycles. The van der Waals surface area contributed by atoms with Crippen molar-refractivity contribution in [3.8, 4) is 0 Å². The Balaban J connectivity index is 2.90. The Morgan fingerprint density at radius 3 is 2.45 bits per heavy atom. The van der Waals surface area contributed by atoms with Gasteiger partial charge in [-0.1, -0.05) is 27.7 Å². The fraction of sp³-hybridized carbons (Fsp3) is 0.857. The van der Waals surface area contributed by atoms with Crippen LogP contribution in [0.3, 0.4) is 0 Å². The molecule has 0 radical (unpaired) electrons. The van der Waals surface area contributed by atoms with Crippen molar-refractivity contribution in [3.05, 3.63) is 0 Å². The summed E-state index contributed by atoms with van der Waals surface area (Å²) in [5.41, 5.74) is -0.377. The van der Waals surface area contributed by atoms with Gasteiger partial charge in [-0.05, 0) is 18.3 Å². The van der Waals surface area contributed by atoms with E-state index < -0.39 is 12.1 Å². The van der Waals surface area contributed by atoms with Crippen LogP contribution in [0.4, 0.5) is 4.79 Å². The molecule has 0 aromatic rings. The molecule has 1 N–H and O–H groups in total. The van der Waals surface area contributed by atoms with Crippen molar-refractivity contribution in [2.24, 2.45) is 5.41 Å². The van der Waals surface area contributed by atoms with Crippen molar-refractivity contribution in [2.45, 2.75) is 57.9 Å². The first kappa shape index (κ1) is 17.1. The minimum absolute atomic E-state index is 0.0497. The average molecular weight is 302 g/mol. The maximum Gasteiger partial charge on any atom is 0.407 e. The first-order valence-electron chi connectivity index (χ1n) is 7.01. The number of nitrogens with one attached hydrogen (secondary N) is 1. The van der Waals surface area contributed by atoms with Gasteiger partial charge in [0.2, 0.25) is 5.91 Å².